The fourth-order valence-corrected chi connectivity index (χ4v) is 2.36. The van der Waals surface area contributed by atoms with Crippen LogP contribution in [0, 0.1) is 11.8 Å². The summed E-state index contributed by atoms with van der Waals surface area (Å²) in [6, 6.07) is 0. The van der Waals surface area contributed by atoms with Gasteiger partial charge in [0.1, 0.15) is 0 Å². The van der Waals surface area contributed by atoms with Gasteiger partial charge in [-0.3, -0.25) is 4.90 Å². The average Bonchev–Trinajstić information content (AvgIpc) is 2.89. The van der Waals surface area contributed by atoms with E-state index in [1.165, 1.54) is 38.8 Å². The first-order valence-corrected chi connectivity index (χ1v) is 5.23. The van der Waals surface area contributed by atoms with Gasteiger partial charge in [0.15, 0.2) is 0 Å². The van der Waals surface area contributed by atoms with Gasteiger partial charge in [0.2, 0.25) is 0 Å². The van der Waals surface area contributed by atoms with Crippen LogP contribution in [0.1, 0.15) is 25.7 Å². The maximum Gasteiger partial charge on any atom is 0.0160 e. The van der Waals surface area contributed by atoms with Crippen LogP contribution in [0.4, 0.5) is 0 Å². The van der Waals surface area contributed by atoms with Crippen LogP contribution in [0.5, 0.6) is 0 Å². The highest BCUT2D eigenvalue weighted by Gasteiger charge is 2.32. The van der Waals surface area contributed by atoms with Crippen molar-refractivity contribution in [1.82, 2.24) is 4.90 Å². The van der Waals surface area contributed by atoms with E-state index in [4.69, 9.17) is 0 Å². The molecule has 1 saturated carbocycles. The second-order valence-electron chi connectivity index (χ2n) is 4.26. The molecule has 0 atom stereocenters. The summed E-state index contributed by atoms with van der Waals surface area (Å²) in [6.07, 6.45) is 7.95. The zero-order chi connectivity index (χ0) is 8.39. The van der Waals surface area contributed by atoms with Crippen molar-refractivity contribution in [1.29, 1.82) is 0 Å². The second-order valence-corrected chi connectivity index (χ2v) is 4.26. The van der Waals surface area contributed by atoms with E-state index in [1.807, 2.05) is 6.08 Å². The molecule has 2 aliphatic rings. The molecule has 2 rings (SSSR count). The molecule has 2 fully saturated rings. The lowest BCUT2D eigenvalue weighted by Gasteiger charge is -2.31. The van der Waals surface area contributed by atoms with Crippen LogP contribution in [0.25, 0.3) is 0 Å². The zero-order valence-electron chi connectivity index (χ0n) is 7.84. The Hall–Kier alpha value is -0.300. The van der Waals surface area contributed by atoms with Gasteiger partial charge in [-0.25, -0.2) is 0 Å². The Morgan fingerprint density at radius 1 is 1.08 bits per heavy atom. The predicted molar refractivity (Wildman–Crippen MR) is 52.1 cm³/mol. The molecule has 1 heteroatoms. The highest BCUT2D eigenvalue weighted by atomic mass is 15.1. The van der Waals surface area contributed by atoms with Crippen LogP contribution in [-0.2, 0) is 0 Å². The van der Waals surface area contributed by atoms with E-state index < -0.39 is 0 Å². The minimum Gasteiger partial charge on any atom is -0.300 e. The lowest BCUT2D eigenvalue weighted by atomic mass is 9.92. The van der Waals surface area contributed by atoms with Gasteiger partial charge in [-0.05, 0) is 50.6 Å². The molecule has 0 aromatic rings. The predicted octanol–water partition coefficient (Wildman–Crippen LogP) is 2.29. The summed E-state index contributed by atoms with van der Waals surface area (Å²) >= 11 is 0. The molecule has 1 aliphatic carbocycles. The van der Waals surface area contributed by atoms with E-state index in [0.29, 0.717) is 0 Å². The van der Waals surface area contributed by atoms with Crippen molar-refractivity contribution in [2.75, 3.05) is 19.6 Å². The maximum absolute atomic E-state index is 3.78. The van der Waals surface area contributed by atoms with Gasteiger partial charge in [-0.15, -0.1) is 6.58 Å². The lowest BCUT2D eigenvalue weighted by Crippen LogP contribution is -2.34. The Morgan fingerprint density at radius 3 is 2.17 bits per heavy atom. The third kappa shape index (κ3) is 1.89. The molecule has 1 saturated heterocycles. The molecule has 12 heavy (non-hydrogen) atoms. The Balaban J connectivity index is 1.72. The lowest BCUT2D eigenvalue weighted by molar-refractivity contribution is 0.187. The molecule has 0 spiro atoms. The van der Waals surface area contributed by atoms with Crippen molar-refractivity contribution in [3.8, 4) is 0 Å². The number of nitrogens with zero attached hydrogens (tertiary/aromatic N) is 1. The first kappa shape index (κ1) is 8.31. The minimum absolute atomic E-state index is 1.08. The number of likely N-dealkylation sites (tertiary alicyclic amines) is 1. The van der Waals surface area contributed by atoms with Gasteiger partial charge in [0.25, 0.3) is 0 Å². The Labute approximate surface area is 75.4 Å². The van der Waals surface area contributed by atoms with E-state index in [0.717, 1.165) is 18.4 Å². The molecule has 0 radical (unpaired) electrons. The fourth-order valence-electron chi connectivity index (χ4n) is 2.36. The normalized spacial score (nSPS) is 27.3. The van der Waals surface area contributed by atoms with Crippen molar-refractivity contribution < 1.29 is 0 Å². The van der Waals surface area contributed by atoms with Crippen LogP contribution in [0.15, 0.2) is 12.7 Å². The summed E-state index contributed by atoms with van der Waals surface area (Å²) in [5.41, 5.74) is 0. The van der Waals surface area contributed by atoms with Gasteiger partial charge in [0.05, 0.1) is 0 Å². The quantitative estimate of drug-likeness (QED) is 0.580. The zero-order valence-corrected chi connectivity index (χ0v) is 7.84. The molecular weight excluding hydrogens is 146 g/mol. The summed E-state index contributed by atoms with van der Waals surface area (Å²) in [6.45, 7) is 7.50. The molecule has 0 N–H and O–H groups in total. The summed E-state index contributed by atoms with van der Waals surface area (Å²) < 4.78 is 0. The number of hydrogen-bond donors (Lipinski definition) is 0. The highest BCUT2D eigenvalue weighted by Crippen LogP contribution is 2.41. The summed E-state index contributed by atoms with van der Waals surface area (Å²) in [5.74, 6) is 2.20. The number of hydrogen-bond acceptors (Lipinski definition) is 1. The summed E-state index contributed by atoms with van der Waals surface area (Å²) in [4.78, 5) is 2.52. The van der Waals surface area contributed by atoms with E-state index in [-0.39, 0.29) is 0 Å². The smallest absolute Gasteiger partial charge is 0.0160 e. The van der Waals surface area contributed by atoms with Gasteiger partial charge >= 0.3 is 0 Å². The average molecular weight is 165 g/mol. The Bertz CT molecular complexity index is 152. The van der Waals surface area contributed by atoms with E-state index in [1.54, 1.807) is 0 Å². The highest BCUT2D eigenvalue weighted by molar-refractivity contribution is 4.86. The van der Waals surface area contributed by atoms with Crippen molar-refractivity contribution in [3.05, 3.63) is 12.7 Å². The minimum atomic E-state index is 1.08. The molecular formula is C11H19N. The molecule has 1 heterocycles. The van der Waals surface area contributed by atoms with E-state index in [9.17, 15) is 0 Å². The van der Waals surface area contributed by atoms with Gasteiger partial charge < -0.3 is 0 Å². The molecule has 0 bridgehead atoms. The molecule has 1 nitrogen and oxygen atoms in total. The fraction of sp³-hybridized carbons (Fsp3) is 0.818. The monoisotopic (exact) mass is 165 g/mol. The van der Waals surface area contributed by atoms with Crippen LogP contribution in [0.2, 0.25) is 0 Å². The topological polar surface area (TPSA) is 3.24 Å². The SMILES string of the molecule is C=CCN1CCC(C2CC2)CC1. The third-order valence-electron chi connectivity index (χ3n) is 3.31. The number of rotatable bonds is 3. The van der Waals surface area contributed by atoms with Crippen LogP contribution in [0.3, 0.4) is 0 Å². The third-order valence-corrected chi connectivity index (χ3v) is 3.31. The van der Waals surface area contributed by atoms with Crippen molar-refractivity contribution in [2.24, 2.45) is 11.8 Å². The molecule has 1 aliphatic heterocycles. The van der Waals surface area contributed by atoms with E-state index in [2.05, 4.69) is 11.5 Å². The van der Waals surface area contributed by atoms with Gasteiger partial charge in [-0.2, -0.15) is 0 Å². The van der Waals surface area contributed by atoms with Gasteiger partial charge in [0, 0.05) is 6.54 Å². The Morgan fingerprint density at radius 2 is 1.67 bits per heavy atom. The van der Waals surface area contributed by atoms with E-state index >= 15 is 0 Å². The largest absolute Gasteiger partial charge is 0.300 e. The summed E-state index contributed by atoms with van der Waals surface area (Å²) in [5, 5.41) is 0. The van der Waals surface area contributed by atoms with Crippen LogP contribution < -0.4 is 0 Å². The molecule has 68 valence electrons. The summed E-state index contributed by atoms with van der Waals surface area (Å²) in [7, 11) is 0. The first-order chi connectivity index (χ1) is 5.90. The van der Waals surface area contributed by atoms with Crippen molar-refractivity contribution in [2.45, 2.75) is 25.7 Å². The van der Waals surface area contributed by atoms with Crippen LogP contribution in [-0.4, -0.2) is 24.5 Å². The van der Waals surface area contributed by atoms with Crippen LogP contribution >= 0.6 is 0 Å². The van der Waals surface area contributed by atoms with Gasteiger partial charge in [-0.1, -0.05) is 6.08 Å². The first-order valence-electron chi connectivity index (χ1n) is 5.23. The Kier molecular flexibility index (Phi) is 2.50. The second kappa shape index (κ2) is 3.61. The molecule has 0 aromatic carbocycles. The molecule has 0 amide bonds. The standard InChI is InChI=1S/C11H19N/c1-2-7-12-8-5-11(6-9-12)10-3-4-10/h2,10-11H,1,3-9H2. The van der Waals surface area contributed by atoms with Crippen molar-refractivity contribution >= 4 is 0 Å². The molecule has 0 aromatic heterocycles. The van der Waals surface area contributed by atoms with Crippen molar-refractivity contribution in [3.63, 3.8) is 0 Å². The maximum atomic E-state index is 3.78. The molecule has 0 unspecified atom stereocenters. The number of piperidine rings is 1.